The fourth-order valence-corrected chi connectivity index (χ4v) is 0.861. The minimum atomic E-state index is 0.308. The van der Waals surface area contributed by atoms with Gasteiger partial charge in [-0.2, -0.15) is 0 Å². The van der Waals surface area contributed by atoms with E-state index in [0.717, 1.165) is 12.0 Å². The molecule has 0 atom stereocenters. The molecule has 0 fully saturated rings. The van der Waals surface area contributed by atoms with Gasteiger partial charge in [0.1, 0.15) is 0 Å². The largest absolute Gasteiger partial charge is 0.404 e. The third-order valence-electron chi connectivity index (χ3n) is 1.21. The maximum absolute atomic E-state index is 5.35. The summed E-state index contributed by atoms with van der Waals surface area (Å²) in [6.45, 7) is 4.23. The number of allylic oxidation sites excluding steroid dienone is 2. The van der Waals surface area contributed by atoms with Gasteiger partial charge in [0, 0.05) is 0 Å². The molecule has 0 heterocycles. The molecule has 6 N–H and O–H groups in total. The fourth-order valence-electron chi connectivity index (χ4n) is 0.861. The van der Waals surface area contributed by atoms with E-state index in [4.69, 9.17) is 17.2 Å². The molecule has 0 aromatic rings. The second-order valence-corrected chi connectivity index (χ2v) is 2.98. The zero-order valence-corrected chi connectivity index (χ0v) is 7.17. The van der Waals surface area contributed by atoms with Crippen molar-refractivity contribution in [1.29, 1.82) is 0 Å². The highest BCUT2D eigenvalue weighted by molar-refractivity contribution is 5.20. The molecule has 0 aliphatic rings. The van der Waals surface area contributed by atoms with Crippen LogP contribution < -0.4 is 17.2 Å². The first-order valence-corrected chi connectivity index (χ1v) is 3.69. The molecule has 11 heavy (non-hydrogen) atoms. The summed E-state index contributed by atoms with van der Waals surface area (Å²) in [6, 6.07) is 0. The standard InChI is InChI=1S/C8H17N3/c1-6(2)3-7(5-9)4-8(10)11/h4-6H,3,9-11H2,1-2H3/b7-5-. The van der Waals surface area contributed by atoms with Gasteiger partial charge in [-0.3, -0.25) is 0 Å². The number of hydrogen-bond donors (Lipinski definition) is 3. The molecule has 0 saturated heterocycles. The Labute approximate surface area is 67.9 Å². The minimum absolute atomic E-state index is 0.308. The van der Waals surface area contributed by atoms with Crippen LogP contribution in [0.2, 0.25) is 0 Å². The van der Waals surface area contributed by atoms with Gasteiger partial charge < -0.3 is 17.2 Å². The zero-order chi connectivity index (χ0) is 8.85. The maximum Gasteiger partial charge on any atom is 0.0936 e. The van der Waals surface area contributed by atoms with E-state index in [-0.39, 0.29) is 0 Å². The van der Waals surface area contributed by atoms with Crippen LogP contribution >= 0.6 is 0 Å². The van der Waals surface area contributed by atoms with Crippen LogP contribution in [0.5, 0.6) is 0 Å². The molecule has 3 nitrogen and oxygen atoms in total. The van der Waals surface area contributed by atoms with Crippen LogP contribution in [-0.4, -0.2) is 0 Å². The highest BCUT2D eigenvalue weighted by atomic mass is 14.8. The molecule has 0 unspecified atom stereocenters. The second kappa shape index (κ2) is 4.66. The summed E-state index contributed by atoms with van der Waals surface area (Å²) in [7, 11) is 0. The van der Waals surface area contributed by atoms with Gasteiger partial charge in [-0.05, 0) is 30.2 Å². The fraction of sp³-hybridized carbons (Fsp3) is 0.500. The predicted octanol–water partition coefficient (Wildman–Crippen LogP) is 0.634. The Balaban J connectivity index is 4.10. The van der Waals surface area contributed by atoms with Crippen molar-refractivity contribution < 1.29 is 0 Å². The molecular formula is C8H17N3. The summed E-state index contributed by atoms with van der Waals surface area (Å²) in [5.41, 5.74) is 16.9. The third-order valence-corrected chi connectivity index (χ3v) is 1.21. The van der Waals surface area contributed by atoms with E-state index < -0.39 is 0 Å². The van der Waals surface area contributed by atoms with E-state index in [1.54, 1.807) is 12.3 Å². The van der Waals surface area contributed by atoms with Gasteiger partial charge >= 0.3 is 0 Å². The van der Waals surface area contributed by atoms with Crippen molar-refractivity contribution in [3.63, 3.8) is 0 Å². The van der Waals surface area contributed by atoms with Gasteiger partial charge in [-0.25, -0.2) is 0 Å². The van der Waals surface area contributed by atoms with Gasteiger partial charge in [-0.15, -0.1) is 0 Å². The SMILES string of the molecule is CC(C)C/C(C=C(N)N)=C/N. The molecule has 0 amide bonds. The van der Waals surface area contributed by atoms with Crippen LogP contribution in [0.4, 0.5) is 0 Å². The monoisotopic (exact) mass is 155 g/mol. The molecule has 0 saturated carbocycles. The number of hydrogen-bond acceptors (Lipinski definition) is 3. The summed E-state index contributed by atoms with van der Waals surface area (Å²) >= 11 is 0. The summed E-state index contributed by atoms with van der Waals surface area (Å²) in [5, 5.41) is 0. The van der Waals surface area contributed by atoms with Crippen LogP contribution in [0.1, 0.15) is 20.3 Å². The molecule has 0 aromatic heterocycles. The summed E-state index contributed by atoms with van der Waals surface area (Å²) in [4.78, 5) is 0. The number of rotatable bonds is 3. The summed E-state index contributed by atoms with van der Waals surface area (Å²) in [5.74, 6) is 0.878. The zero-order valence-electron chi connectivity index (χ0n) is 7.17. The van der Waals surface area contributed by atoms with E-state index in [0.29, 0.717) is 11.7 Å². The molecule has 0 aromatic carbocycles. The lowest BCUT2D eigenvalue weighted by atomic mass is 10.0. The first-order valence-electron chi connectivity index (χ1n) is 3.69. The van der Waals surface area contributed by atoms with Gasteiger partial charge in [0.2, 0.25) is 0 Å². The van der Waals surface area contributed by atoms with Crippen LogP contribution in [0.15, 0.2) is 23.7 Å². The van der Waals surface area contributed by atoms with Crippen molar-refractivity contribution in [2.24, 2.45) is 23.1 Å². The highest BCUT2D eigenvalue weighted by Crippen LogP contribution is 2.10. The Morgan fingerprint density at radius 3 is 2.18 bits per heavy atom. The summed E-state index contributed by atoms with van der Waals surface area (Å²) in [6.07, 6.45) is 4.15. The molecular weight excluding hydrogens is 138 g/mol. The van der Waals surface area contributed by atoms with E-state index in [9.17, 15) is 0 Å². The molecule has 0 aliphatic carbocycles. The second-order valence-electron chi connectivity index (χ2n) is 2.98. The summed E-state index contributed by atoms with van der Waals surface area (Å²) < 4.78 is 0. The molecule has 0 spiro atoms. The van der Waals surface area contributed by atoms with Crippen LogP contribution in [0.3, 0.4) is 0 Å². The molecule has 0 aliphatic heterocycles. The first-order chi connectivity index (χ1) is 5.06. The quantitative estimate of drug-likeness (QED) is 0.523. The van der Waals surface area contributed by atoms with Crippen LogP contribution in [0.25, 0.3) is 0 Å². The van der Waals surface area contributed by atoms with Crippen molar-refractivity contribution in [2.75, 3.05) is 0 Å². The van der Waals surface area contributed by atoms with Gasteiger partial charge in [0.15, 0.2) is 0 Å². The van der Waals surface area contributed by atoms with E-state index in [1.807, 2.05) is 0 Å². The van der Waals surface area contributed by atoms with Gasteiger partial charge in [0.05, 0.1) is 5.82 Å². The van der Waals surface area contributed by atoms with Crippen LogP contribution in [-0.2, 0) is 0 Å². The Morgan fingerprint density at radius 2 is 1.91 bits per heavy atom. The van der Waals surface area contributed by atoms with Crippen molar-refractivity contribution in [2.45, 2.75) is 20.3 Å². The predicted molar refractivity (Wildman–Crippen MR) is 48.2 cm³/mol. The van der Waals surface area contributed by atoms with Gasteiger partial charge in [-0.1, -0.05) is 13.8 Å². The lowest BCUT2D eigenvalue weighted by Gasteiger charge is -2.04. The van der Waals surface area contributed by atoms with Gasteiger partial charge in [0.25, 0.3) is 0 Å². The van der Waals surface area contributed by atoms with Crippen molar-refractivity contribution in [3.05, 3.63) is 23.7 Å². The van der Waals surface area contributed by atoms with Crippen molar-refractivity contribution in [3.8, 4) is 0 Å². The Bertz CT molecular complexity index is 164. The van der Waals surface area contributed by atoms with E-state index >= 15 is 0 Å². The lowest BCUT2D eigenvalue weighted by molar-refractivity contribution is 0.648. The Hall–Kier alpha value is -1.12. The molecule has 0 radical (unpaired) electrons. The van der Waals surface area contributed by atoms with Crippen molar-refractivity contribution >= 4 is 0 Å². The normalized spacial score (nSPS) is 11.7. The molecule has 64 valence electrons. The average Bonchev–Trinajstić information content (AvgIpc) is 1.84. The van der Waals surface area contributed by atoms with Crippen LogP contribution in [0, 0.1) is 5.92 Å². The average molecular weight is 155 g/mol. The first kappa shape index (κ1) is 9.88. The maximum atomic E-state index is 5.35. The third kappa shape index (κ3) is 5.33. The lowest BCUT2D eigenvalue weighted by Crippen LogP contribution is -2.08. The van der Waals surface area contributed by atoms with E-state index in [2.05, 4.69) is 13.8 Å². The van der Waals surface area contributed by atoms with Crippen molar-refractivity contribution in [1.82, 2.24) is 0 Å². The van der Waals surface area contributed by atoms with E-state index in [1.165, 1.54) is 0 Å². The number of nitrogens with two attached hydrogens (primary N) is 3. The highest BCUT2D eigenvalue weighted by Gasteiger charge is 1.97. The Kier molecular flexibility index (Phi) is 4.18. The molecule has 0 bridgehead atoms. The smallest absolute Gasteiger partial charge is 0.0936 e. The minimum Gasteiger partial charge on any atom is -0.404 e. The molecule has 0 rings (SSSR count). The Morgan fingerprint density at radius 1 is 1.36 bits per heavy atom. The molecule has 3 heteroatoms. The topological polar surface area (TPSA) is 78.1 Å².